The normalized spacial score (nSPS) is 20.1. The largest absolute Gasteiger partial charge is 0.494 e. The Balaban J connectivity index is 1.49. The summed E-state index contributed by atoms with van der Waals surface area (Å²) < 4.78 is 5.53. The second kappa shape index (κ2) is 9.80. The van der Waals surface area contributed by atoms with Gasteiger partial charge >= 0.3 is 0 Å². The molecule has 0 heterocycles. The van der Waals surface area contributed by atoms with E-state index in [0.717, 1.165) is 17.6 Å². The summed E-state index contributed by atoms with van der Waals surface area (Å²) >= 11 is 0. The zero-order chi connectivity index (χ0) is 18.2. The highest BCUT2D eigenvalue weighted by Crippen LogP contribution is 2.34. The molecule has 1 aliphatic rings. The van der Waals surface area contributed by atoms with Gasteiger partial charge < -0.3 is 4.74 Å². The number of rotatable bonds is 8. The van der Waals surface area contributed by atoms with Crippen molar-refractivity contribution in [3.8, 4) is 16.9 Å². The maximum absolute atomic E-state index is 5.53. The molecule has 0 spiro atoms. The lowest BCUT2D eigenvalue weighted by atomic mass is 9.78. The van der Waals surface area contributed by atoms with Gasteiger partial charge in [0.05, 0.1) is 6.61 Å². The molecule has 1 saturated carbocycles. The van der Waals surface area contributed by atoms with Gasteiger partial charge in [0, 0.05) is 0 Å². The summed E-state index contributed by atoms with van der Waals surface area (Å²) in [6.45, 7) is 5.06. The average molecular weight is 351 g/mol. The number of hydrogen-bond acceptors (Lipinski definition) is 1. The third-order valence-electron chi connectivity index (χ3n) is 5.96. The molecule has 0 radical (unpaired) electrons. The van der Waals surface area contributed by atoms with Crippen molar-refractivity contribution in [2.24, 2.45) is 11.8 Å². The number of benzene rings is 2. The molecule has 0 saturated heterocycles. The Labute approximate surface area is 159 Å². The summed E-state index contributed by atoms with van der Waals surface area (Å²) in [6, 6.07) is 17.6. The van der Waals surface area contributed by atoms with E-state index >= 15 is 0 Å². The summed E-state index contributed by atoms with van der Waals surface area (Å²) in [5.41, 5.74) is 4.03. The van der Waals surface area contributed by atoms with Crippen LogP contribution in [0.2, 0.25) is 0 Å². The number of aryl methyl sites for hydroxylation is 1. The number of ether oxygens (including phenoxy) is 1. The maximum atomic E-state index is 5.53. The Bertz CT molecular complexity index is 633. The predicted molar refractivity (Wildman–Crippen MR) is 112 cm³/mol. The van der Waals surface area contributed by atoms with Gasteiger partial charge in [-0.3, -0.25) is 0 Å². The van der Waals surface area contributed by atoms with E-state index in [2.05, 4.69) is 55.5 Å². The second-order valence-electron chi connectivity index (χ2n) is 7.87. The summed E-state index contributed by atoms with van der Waals surface area (Å²) in [5.74, 6) is 2.92. The van der Waals surface area contributed by atoms with Crippen molar-refractivity contribution in [2.75, 3.05) is 6.61 Å². The van der Waals surface area contributed by atoms with Crippen LogP contribution in [-0.2, 0) is 6.42 Å². The molecule has 1 nitrogen and oxygen atoms in total. The highest BCUT2D eigenvalue weighted by molar-refractivity contribution is 5.64. The van der Waals surface area contributed by atoms with Crippen LogP contribution in [-0.4, -0.2) is 6.61 Å². The molecular formula is C25H34O. The minimum atomic E-state index is 0.717. The fourth-order valence-electron chi connectivity index (χ4n) is 4.36. The molecule has 140 valence electrons. The van der Waals surface area contributed by atoms with Crippen molar-refractivity contribution in [1.29, 1.82) is 0 Å². The van der Waals surface area contributed by atoms with Gasteiger partial charge in [0.1, 0.15) is 5.75 Å². The Morgan fingerprint density at radius 3 is 1.81 bits per heavy atom. The van der Waals surface area contributed by atoms with Crippen molar-refractivity contribution in [1.82, 2.24) is 0 Å². The molecule has 0 bridgehead atoms. The molecule has 26 heavy (non-hydrogen) atoms. The average Bonchev–Trinajstić information content (AvgIpc) is 2.69. The smallest absolute Gasteiger partial charge is 0.119 e. The quantitative estimate of drug-likeness (QED) is 0.485. The third-order valence-corrected chi connectivity index (χ3v) is 5.96. The van der Waals surface area contributed by atoms with E-state index in [1.807, 2.05) is 6.92 Å². The molecule has 1 heteroatoms. The van der Waals surface area contributed by atoms with Crippen molar-refractivity contribution < 1.29 is 4.74 Å². The Hall–Kier alpha value is -1.76. The summed E-state index contributed by atoms with van der Waals surface area (Å²) in [4.78, 5) is 0. The first-order valence-electron chi connectivity index (χ1n) is 10.6. The molecule has 1 fully saturated rings. The van der Waals surface area contributed by atoms with Gasteiger partial charge in [0.15, 0.2) is 0 Å². The first-order valence-corrected chi connectivity index (χ1v) is 10.6. The van der Waals surface area contributed by atoms with Crippen LogP contribution in [0.5, 0.6) is 5.75 Å². The predicted octanol–water partition coefficient (Wildman–Crippen LogP) is 7.29. The zero-order valence-corrected chi connectivity index (χ0v) is 16.5. The van der Waals surface area contributed by atoms with Gasteiger partial charge in [-0.15, -0.1) is 0 Å². The number of hydrogen-bond donors (Lipinski definition) is 0. The molecule has 2 aromatic carbocycles. The van der Waals surface area contributed by atoms with Gasteiger partial charge in [-0.1, -0.05) is 81.8 Å². The van der Waals surface area contributed by atoms with Crippen LogP contribution in [0.25, 0.3) is 11.1 Å². The lowest BCUT2D eigenvalue weighted by Gasteiger charge is -2.28. The molecule has 0 amide bonds. The monoisotopic (exact) mass is 350 g/mol. The standard InChI is InChI=1S/C25H34O/c1-3-5-20-6-8-21(9-7-20)10-11-22-12-14-23(15-13-22)24-16-18-25(19-17-24)26-4-2/h12-21H,3-11H2,1-2H3/t20-,21-. The van der Waals surface area contributed by atoms with E-state index in [9.17, 15) is 0 Å². The van der Waals surface area contributed by atoms with Gasteiger partial charge in [0.2, 0.25) is 0 Å². The third kappa shape index (κ3) is 5.37. The van der Waals surface area contributed by atoms with Crippen LogP contribution < -0.4 is 4.74 Å². The van der Waals surface area contributed by atoms with Crippen LogP contribution in [0.15, 0.2) is 48.5 Å². The summed E-state index contributed by atoms with van der Waals surface area (Å²) in [5, 5.41) is 0. The van der Waals surface area contributed by atoms with Crippen LogP contribution in [0.1, 0.15) is 64.4 Å². The van der Waals surface area contributed by atoms with Crippen LogP contribution in [0.4, 0.5) is 0 Å². The Kier molecular flexibility index (Phi) is 7.17. The van der Waals surface area contributed by atoms with E-state index < -0.39 is 0 Å². The zero-order valence-electron chi connectivity index (χ0n) is 16.5. The topological polar surface area (TPSA) is 9.23 Å². The van der Waals surface area contributed by atoms with Gasteiger partial charge in [-0.2, -0.15) is 0 Å². The summed E-state index contributed by atoms with van der Waals surface area (Å²) in [7, 11) is 0. The van der Waals surface area contributed by atoms with Crippen molar-refractivity contribution in [3.05, 3.63) is 54.1 Å². The second-order valence-corrected chi connectivity index (χ2v) is 7.87. The highest BCUT2D eigenvalue weighted by atomic mass is 16.5. The first kappa shape index (κ1) is 19.0. The molecule has 3 rings (SSSR count). The summed E-state index contributed by atoms with van der Waals surface area (Å²) in [6.07, 6.45) is 11.2. The molecular weight excluding hydrogens is 316 g/mol. The molecule has 0 N–H and O–H groups in total. The Morgan fingerprint density at radius 2 is 1.27 bits per heavy atom. The van der Waals surface area contributed by atoms with Gasteiger partial charge in [0.25, 0.3) is 0 Å². The lowest BCUT2D eigenvalue weighted by molar-refractivity contribution is 0.252. The van der Waals surface area contributed by atoms with Crippen LogP contribution in [0, 0.1) is 11.8 Å². The molecule has 0 aromatic heterocycles. The van der Waals surface area contributed by atoms with E-state index in [-0.39, 0.29) is 0 Å². The maximum Gasteiger partial charge on any atom is 0.119 e. The molecule has 0 aliphatic heterocycles. The van der Waals surface area contributed by atoms with E-state index in [1.54, 1.807) is 0 Å². The fraction of sp³-hybridized carbons (Fsp3) is 0.520. The highest BCUT2D eigenvalue weighted by Gasteiger charge is 2.20. The first-order chi connectivity index (χ1) is 12.8. The minimum Gasteiger partial charge on any atom is -0.494 e. The van der Waals surface area contributed by atoms with Crippen LogP contribution in [0.3, 0.4) is 0 Å². The molecule has 0 unspecified atom stereocenters. The molecule has 2 aromatic rings. The minimum absolute atomic E-state index is 0.717. The van der Waals surface area contributed by atoms with E-state index in [4.69, 9.17) is 4.74 Å². The van der Waals surface area contributed by atoms with Crippen molar-refractivity contribution in [3.63, 3.8) is 0 Å². The molecule has 0 atom stereocenters. The molecule has 1 aliphatic carbocycles. The van der Waals surface area contributed by atoms with Crippen molar-refractivity contribution in [2.45, 2.75) is 65.2 Å². The van der Waals surface area contributed by atoms with Crippen LogP contribution >= 0.6 is 0 Å². The van der Waals surface area contributed by atoms with Crippen molar-refractivity contribution >= 4 is 0 Å². The van der Waals surface area contributed by atoms with E-state index in [1.165, 1.54) is 68.1 Å². The van der Waals surface area contributed by atoms with Gasteiger partial charge in [-0.05, 0) is 60.4 Å². The van der Waals surface area contributed by atoms with E-state index in [0.29, 0.717) is 6.61 Å². The fourth-order valence-corrected chi connectivity index (χ4v) is 4.36. The lowest BCUT2D eigenvalue weighted by Crippen LogP contribution is -2.15. The SMILES string of the molecule is CCC[C@H]1CC[C@H](CCc2ccc(-c3ccc(OCC)cc3)cc2)CC1. The van der Waals surface area contributed by atoms with Gasteiger partial charge in [-0.25, -0.2) is 0 Å². The Morgan fingerprint density at radius 1 is 0.731 bits per heavy atom.